The lowest BCUT2D eigenvalue weighted by molar-refractivity contribution is 0.583. The van der Waals surface area contributed by atoms with Crippen LogP contribution in [0.15, 0.2) is 6.07 Å². The molecule has 0 amide bonds. The van der Waals surface area contributed by atoms with E-state index in [2.05, 4.69) is 14.3 Å². The quantitative estimate of drug-likeness (QED) is 0.697. The van der Waals surface area contributed by atoms with Crippen LogP contribution in [0.1, 0.15) is 24.0 Å². The summed E-state index contributed by atoms with van der Waals surface area (Å²) in [5.41, 5.74) is 1.58. The Balaban J connectivity index is 3.27. The van der Waals surface area contributed by atoms with Gasteiger partial charge in [-0.2, -0.15) is 9.19 Å². The van der Waals surface area contributed by atoms with Crippen LogP contribution in [0, 0.1) is 6.92 Å². The number of aryl methyl sites for hydroxylation is 1. The fraction of sp³-hybridized carbons (Fsp3) is 0.571. The van der Waals surface area contributed by atoms with Gasteiger partial charge in [0.25, 0.3) is 10.0 Å². The Labute approximate surface area is 80.6 Å². The first-order chi connectivity index (χ1) is 5.82. The molecule has 0 fully saturated rings. The minimum Gasteiger partial charge on any atom is -0.205 e. The van der Waals surface area contributed by atoms with Gasteiger partial charge in [0.05, 0.1) is 17.6 Å². The number of hydrogen-bond donors (Lipinski definition) is 0. The van der Waals surface area contributed by atoms with Crippen LogP contribution < -0.4 is 0 Å². The Kier molecular flexibility index (Phi) is 2.78. The van der Waals surface area contributed by atoms with Gasteiger partial charge in [0, 0.05) is 5.66 Å². The lowest BCUT2D eigenvalue weighted by atomic mass is 10.3. The average molecular weight is 220 g/mol. The van der Waals surface area contributed by atoms with E-state index in [1.165, 1.54) is 0 Å². The van der Waals surface area contributed by atoms with E-state index in [0.29, 0.717) is 5.69 Å². The number of hydrogen-bond acceptors (Lipinski definition) is 3. The zero-order valence-corrected chi connectivity index (χ0v) is 9.82. The maximum Gasteiger partial charge on any atom is 0.251 e. The molecule has 0 saturated heterocycles. The Hall–Kier alpha value is -0.410. The van der Waals surface area contributed by atoms with Crippen molar-refractivity contribution in [1.82, 2.24) is 9.19 Å². The van der Waals surface area contributed by atoms with Gasteiger partial charge in [0.15, 0.2) is 0 Å². The normalized spacial score (nSPS) is 14.5. The lowest BCUT2D eigenvalue weighted by Gasteiger charge is -1.99. The summed E-state index contributed by atoms with van der Waals surface area (Å²) in [5, 5.41) is 3.99. The van der Waals surface area contributed by atoms with E-state index in [4.69, 9.17) is 0 Å². The molecule has 0 aliphatic rings. The smallest absolute Gasteiger partial charge is 0.205 e. The summed E-state index contributed by atoms with van der Waals surface area (Å²) < 4.78 is 23.4. The average Bonchev–Trinajstić information content (AvgIpc) is 2.29. The molecule has 0 aliphatic heterocycles. The van der Waals surface area contributed by atoms with Crippen molar-refractivity contribution in [2.45, 2.75) is 19.5 Å². The molecule has 0 N–H and O–H groups in total. The molecular weight excluding hydrogens is 207 g/mol. The molecule has 1 aromatic rings. The molecule has 0 aliphatic carbocycles. The monoisotopic (exact) mass is 220 g/mol. The molecule has 2 unspecified atom stereocenters. The Bertz CT molecular complexity index is 408. The van der Waals surface area contributed by atoms with Crippen molar-refractivity contribution in [3.05, 3.63) is 17.5 Å². The van der Waals surface area contributed by atoms with E-state index in [1.54, 1.807) is 13.0 Å². The summed E-state index contributed by atoms with van der Waals surface area (Å²) in [4.78, 5) is 0. The minimum atomic E-state index is -3.25. The van der Waals surface area contributed by atoms with E-state index >= 15 is 0 Å². The Morgan fingerprint density at radius 3 is 2.38 bits per heavy atom. The predicted octanol–water partition coefficient (Wildman–Crippen LogP) is 0.935. The lowest BCUT2D eigenvalue weighted by Crippen LogP contribution is -2.13. The SMILES string of the molecule is Cc1cc(C(C)P)nn1S(C)(=O)=O. The van der Waals surface area contributed by atoms with Crippen LogP contribution in [0.4, 0.5) is 0 Å². The van der Waals surface area contributed by atoms with Crippen LogP contribution in [0.5, 0.6) is 0 Å². The molecule has 0 spiro atoms. The number of rotatable bonds is 2. The summed E-state index contributed by atoms with van der Waals surface area (Å²) in [6.07, 6.45) is 1.14. The van der Waals surface area contributed by atoms with Gasteiger partial charge in [-0.15, -0.1) is 9.24 Å². The topological polar surface area (TPSA) is 52.0 Å². The summed E-state index contributed by atoms with van der Waals surface area (Å²) in [6.45, 7) is 3.67. The third-order valence-electron chi connectivity index (χ3n) is 1.65. The highest BCUT2D eigenvalue weighted by molar-refractivity contribution is 7.89. The molecule has 4 nitrogen and oxygen atoms in total. The molecule has 1 rings (SSSR count). The fourth-order valence-corrected chi connectivity index (χ4v) is 2.02. The summed E-state index contributed by atoms with van der Waals surface area (Å²) in [7, 11) is -0.671. The van der Waals surface area contributed by atoms with Gasteiger partial charge in [-0.05, 0) is 13.0 Å². The summed E-state index contributed by atoms with van der Waals surface area (Å²) in [6, 6.07) is 1.78. The van der Waals surface area contributed by atoms with Crippen molar-refractivity contribution in [2.75, 3.05) is 6.26 Å². The molecule has 6 heteroatoms. The maximum absolute atomic E-state index is 11.2. The first-order valence-electron chi connectivity index (χ1n) is 3.85. The van der Waals surface area contributed by atoms with Gasteiger partial charge in [-0.25, -0.2) is 8.42 Å². The molecule has 74 valence electrons. The van der Waals surface area contributed by atoms with Crippen LogP contribution in [0.25, 0.3) is 0 Å². The standard InChI is InChI=1S/C7H13N2O2PS/c1-5-4-7(6(2)12)8-9(5)13(3,10)11/h4,6H,12H2,1-3H3. The molecule has 2 atom stereocenters. The van der Waals surface area contributed by atoms with Crippen molar-refractivity contribution in [2.24, 2.45) is 0 Å². The van der Waals surface area contributed by atoms with E-state index < -0.39 is 10.0 Å². The van der Waals surface area contributed by atoms with Crippen LogP contribution in [0.3, 0.4) is 0 Å². The second-order valence-electron chi connectivity index (χ2n) is 3.11. The third kappa shape index (κ3) is 2.29. The zero-order valence-electron chi connectivity index (χ0n) is 7.85. The highest BCUT2D eigenvalue weighted by atomic mass is 32.2. The fourth-order valence-electron chi connectivity index (χ4n) is 1.04. The van der Waals surface area contributed by atoms with E-state index in [1.807, 2.05) is 6.92 Å². The predicted molar refractivity (Wildman–Crippen MR) is 55.3 cm³/mol. The Morgan fingerprint density at radius 1 is 1.62 bits per heavy atom. The van der Waals surface area contributed by atoms with Crippen molar-refractivity contribution in [1.29, 1.82) is 0 Å². The van der Waals surface area contributed by atoms with Crippen molar-refractivity contribution in [3.8, 4) is 0 Å². The van der Waals surface area contributed by atoms with Crippen molar-refractivity contribution in [3.63, 3.8) is 0 Å². The molecule has 0 bridgehead atoms. The van der Waals surface area contributed by atoms with Crippen LogP contribution in [-0.4, -0.2) is 23.9 Å². The number of nitrogens with zero attached hydrogens (tertiary/aromatic N) is 2. The summed E-state index contributed by atoms with van der Waals surface area (Å²) in [5.74, 6) is 0. The van der Waals surface area contributed by atoms with Crippen molar-refractivity contribution >= 4 is 19.3 Å². The van der Waals surface area contributed by atoms with Crippen LogP contribution in [-0.2, 0) is 10.0 Å². The largest absolute Gasteiger partial charge is 0.251 e. The molecule has 0 radical (unpaired) electrons. The van der Waals surface area contributed by atoms with Gasteiger partial charge in [-0.3, -0.25) is 0 Å². The highest BCUT2D eigenvalue weighted by Crippen LogP contribution is 2.21. The van der Waals surface area contributed by atoms with Gasteiger partial charge < -0.3 is 0 Å². The van der Waals surface area contributed by atoms with E-state index in [9.17, 15) is 8.42 Å². The van der Waals surface area contributed by atoms with Gasteiger partial charge in [0.1, 0.15) is 0 Å². The van der Waals surface area contributed by atoms with E-state index in [0.717, 1.165) is 16.0 Å². The highest BCUT2D eigenvalue weighted by Gasteiger charge is 2.13. The molecule has 0 aromatic carbocycles. The zero-order chi connectivity index (χ0) is 10.2. The molecule has 1 aromatic heterocycles. The van der Waals surface area contributed by atoms with Gasteiger partial charge >= 0.3 is 0 Å². The van der Waals surface area contributed by atoms with Crippen LogP contribution >= 0.6 is 9.24 Å². The second kappa shape index (κ2) is 3.39. The van der Waals surface area contributed by atoms with Crippen molar-refractivity contribution < 1.29 is 8.42 Å². The van der Waals surface area contributed by atoms with Gasteiger partial charge in [-0.1, -0.05) is 6.92 Å². The Morgan fingerprint density at radius 2 is 2.15 bits per heavy atom. The third-order valence-corrected chi connectivity index (χ3v) is 2.98. The summed E-state index contributed by atoms with van der Waals surface area (Å²) >= 11 is 0. The molecule has 0 saturated carbocycles. The first-order valence-corrected chi connectivity index (χ1v) is 6.36. The first kappa shape index (κ1) is 10.7. The van der Waals surface area contributed by atoms with Gasteiger partial charge in [0.2, 0.25) is 0 Å². The molecule has 1 heterocycles. The minimum absolute atomic E-state index is 0.168. The van der Waals surface area contributed by atoms with E-state index in [-0.39, 0.29) is 5.66 Å². The molecule has 13 heavy (non-hydrogen) atoms. The number of aromatic nitrogens is 2. The van der Waals surface area contributed by atoms with Crippen LogP contribution in [0.2, 0.25) is 0 Å². The maximum atomic E-state index is 11.2. The molecular formula is C7H13N2O2PS. The second-order valence-corrected chi connectivity index (χ2v) is 5.92.